The molecule has 0 aromatic heterocycles. The molecular formula is C21H28O2. The summed E-state index contributed by atoms with van der Waals surface area (Å²) in [5, 5.41) is 0. The molecule has 4 rings (SSSR count). The second-order valence-corrected chi connectivity index (χ2v) is 8.16. The molecule has 0 radical (unpaired) electrons. The highest BCUT2D eigenvalue weighted by Crippen LogP contribution is 2.60. The van der Waals surface area contributed by atoms with E-state index >= 15 is 0 Å². The predicted molar refractivity (Wildman–Crippen MR) is 91.7 cm³/mol. The van der Waals surface area contributed by atoms with Gasteiger partial charge in [0.1, 0.15) is 0 Å². The molecule has 0 N–H and O–H groups in total. The van der Waals surface area contributed by atoms with Crippen molar-refractivity contribution in [3.05, 3.63) is 35.6 Å². The first kappa shape index (κ1) is 15.2. The Balaban J connectivity index is 1.63. The molecule has 0 heterocycles. The third kappa shape index (κ3) is 2.17. The molecular weight excluding hydrogens is 284 g/mol. The summed E-state index contributed by atoms with van der Waals surface area (Å²) in [5.41, 5.74) is 2.27. The summed E-state index contributed by atoms with van der Waals surface area (Å²) in [6.07, 6.45) is 11.4. The van der Waals surface area contributed by atoms with Crippen LogP contribution >= 0.6 is 0 Å². The van der Waals surface area contributed by atoms with Crippen molar-refractivity contribution in [2.75, 3.05) is 6.61 Å². The van der Waals surface area contributed by atoms with Gasteiger partial charge in [0, 0.05) is 11.8 Å². The Morgan fingerprint density at radius 2 is 2.17 bits per heavy atom. The highest BCUT2D eigenvalue weighted by Gasteiger charge is 2.56. The number of Topliss-reactive ketones (excluding diaryl/α,β-unsaturated/α-hetero) is 1. The number of hydrogen-bond acceptors (Lipinski definition) is 2. The predicted octanol–water partition coefficient (Wildman–Crippen LogP) is 4.82. The van der Waals surface area contributed by atoms with Gasteiger partial charge < -0.3 is 4.74 Å². The van der Waals surface area contributed by atoms with Gasteiger partial charge in [-0.25, -0.2) is 0 Å². The van der Waals surface area contributed by atoms with Crippen molar-refractivity contribution in [1.82, 2.24) is 0 Å². The summed E-state index contributed by atoms with van der Waals surface area (Å²) in [6.45, 7) is 9.10. The molecule has 0 amide bonds. The third-order valence-electron chi connectivity index (χ3n) is 7.12. The first-order valence-electron chi connectivity index (χ1n) is 9.30. The molecule has 2 nitrogen and oxygen atoms in total. The topological polar surface area (TPSA) is 26.3 Å². The van der Waals surface area contributed by atoms with Crippen LogP contribution in [-0.2, 0) is 9.53 Å². The van der Waals surface area contributed by atoms with E-state index in [-0.39, 0.29) is 5.41 Å². The van der Waals surface area contributed by atoms with Crippen LogP contribution in [0.5, 0.6) is 0 Å². The van der Waals surface area contributed by atoms with Gasteiger partial charge in [0.15, 0.2) is 5.78 Å². The van der Waals surface area contributed by atoms with E-state index in [1.54, 1.807) is 0 Å². The average molecular weight is 312 g/mol. The SMILES string of the molecule is C=C1CC2C3CC=C4C=C(OCC)CC[C@@H]4C3CC[C@]2(C)C1=O. The normalized spacial score (nSPS) is 42.3. The van der Waals surface area contributed by atoms with E-state index in [0.717, 1.165) is 43.8 Å². The molecule has 23 heavy (non-hydrogen) atoms. The molecule has 4 aliphatic rings. The summed E-state index contributed by atoms with van der Waals surface area (Å²) >= 11 is 0. The second kappa shape index (κ2) is 5.36. The molecule has 2 heteroatoms. The van der Waals surface area contributed by atoms with Crippen molar-refractivity contribution in [2.45, 2.75) is 52.4 Å². The van der Waals surface area contributed by atoms with Crippen LogP contribution in [0.3, 0.4) is 0 Å². The van der Waals surface area contributed by atoms with E-state index in [1.807, 2.05) is 0 Å². The first-order chi connectivity index (χ1) is 11.0. The Morgan fingerprint density at radius 3 is 2.96 bits per heavy atom. The lowest BCUT2D eigenvalue weighted by atomic mass is 9.53. The van der Waals surface area contributed by atoms with Crippen molar-refractivity contribution in [3.8, 4) is 0 Å². The Morgan fingerprint density at radius 1 is 1.35 bits per heavy atom. The standard InChI is InChI=1S/C21H28O2/c1-4-23-15-6-8-16-14(12-15)5-7-18-17(16)9-10-21(3)19(18)11-13(2)20(21)22/h5,12,16-19H,2,4,6-11H2,1,3H3/t16-,17?,18?,19?,21-/m0/s1. The van der Waals surface area contributed by atoms with Gasteiger partial charge in [0.25, 0.3) is 0 Å². The number of allylic oxidation sites excluding steroid dienone is 5. The van der Waals surface area contributed by atoms with Crippen LogP contribution < -0.4 is 0 Å². The average Bonchev–Trinajstić information content (AvgIpc) is 2.78. The number of fused-ring (bicyclic) bond motifs is 5. The summed E-state index contributed by atoms with van der Waals surface area (Å²) in [4.78, 5) is 12.6. The molecule has 0 aromatic rings. The highest BCUT2D eigenvalue weighted by molar-refractivity contribution is 6.02. The Labute approximate surface area is 139 Å². The van der Waals surface area contributed by atoms with E-state index < -0.39 is 0 Å². The monoisotopic (exact) mass is 312 g/mol. The Hall–Kier alpha value is -1.31. The van der Waals surface area contributed by atoms with Crippen molar-refractivity contribution in [2.24, 2.45) is 29.1 Å². The first-order valence-corrected chi connectivity index (χ1v) is 9.30. The van der Waals surface area contributed by atoms with Crippen LogP contribution in [0, 0.1) is 29.1 Å². The zero-order chi connectivity index (χ0) is 16.2. The molecule has 4 aliphatic carbocycles. The molecule has 0 saturated heterocycles. The van der Waals surface area contributed by atoms with Gasteiger partial charge >= 0.3 is 0 Å². The van der Waals surface area contributed by atoms with E-state index in [0.29, 0.717) is 23.5 Å². The van der Waals surface area contributed by atoms with Crippen molar-refractivity contribution in [3.63, 3.8) is 0 Å². The van der Waals surface area contributed by atoms with Crippen LogP contribution in [0.2, 0.25) is 0 Å². The number of ketones is 1. The number of carbonyl (C=O) groups excluding carboxylic acids is 1. The fraction of sp³-hybridized carbons (Fsp3) is 0.667. The largest absolute Gasteiger partial charge is 0.498 e. The Bertz CT molecular complexity index is 611. The molecule has 0 spiro atoms. The van der Waals surface area contributed by atoms with Gasteiger partial charge in [0.05, 0.1) is 12.4 Å². The molecule has 0 aromatic carbocycles. The maximum Gasteiger partial charge on any atom is 0.164 e. The maximum atomic E-state index is 12.6. The molecule has 5 atom stereocenters. The van der Waals surface area contributed by atoms with E-state index in [2.05, 4.69) is 32.6 Å². The van der Waals surface area contributed by atoms with E-state index in [9.17, 15) is 4.79 Å². The van der Waals surface area contributed by atoms with Gasteiger partial charge in [-0.2, -0.15) is 0 Å². The highest BCUT2D eigenvalue weighted by atomic mass is 16.5. The smallest absolute Gasteiger partial charge is 0.164 e. The number of rotatable bonds is 2. The molecule has 2 fully saturated rings. The lowest BCUT2D eigenvalue weighted by Crippen LogP contribution is -2.45. The van der Waals surface area contributed by atoms with Gasteiger partial charge in [0.2, 0.25) is 0 Å². The number of hydrogen-bond donors (Lipinski definition) is 0. The molecule has 2 saturated carbocycles. The summed E-state index contributed by atoms with van der Waals surface area (Å²) < 4.78 is 5.75. The van der Waals surface area contributed by atoms with E-state index in [1.165, 1.54) is 24.2 Å². The lowest BCUT2D eigenvalue weighted by Gasteiger charge is -2.50. The quantitative estimate of drug-likeness (QED) is 0.683. The summed E-state index contributed by atoms with van der Waals surface area (Å²) in [7, 11) is 0. The zero-order valence-corrected chi connectivity index (χ0v) is 14.4. The fourth-order valence-corrected chi connectivity index (χ4v) is 5.97. The van der Waals surface area contributed by atoms with Crippen molar-refractivity contribution >= 4 is 5.78 Å². The van der Waals surface area contributed by atoms with Crippen LogP contribution in [0.15, 0.2) is 35.6 Å². The second-order valence-electron chi connectivity index (χ2n) is 8.16. The van der Waals surface area contributed by atoms with Crippen molar-refractivity contribution < 1.29 is 9.53 Å². The van der Waals surface area contributed by atoms with Crippen LogP contribution in [0.25, 0.3) is 0 Å². The van der Waals surface area contributed by atoms with Crippen LogP contribution in [0.4, 0.5) is 0 Å². The fourth-order valence-electron chi connectivity index (χ4n) is 5.97. The van der Waals surface area contributed by atoms with Crippen LogP contribution in [-0.4, -0.2) is 12.4 Å². The van der Waals surface area contributed by atoms with E-state index in [4.69, 9.17) is 4.74 Å². The molecule has 0 aliphatic heterocycles. The van der Waals surface area contributed by atoms with Gasteiger partial charge in [-0.3, -0.25) is 4.79 Å². The minimum atomic E-state index is -0.120. The number of carbonyl (C=O) groups is 1. The summed E-state index contributed by atoms with van der Waals surface area (Å²) in [6, 6.07) is 0. The minimum absolute atomic E-state index is 0.120. The van der Waals surface area contributed by atoms with Crippen molar-refractivity contribution in [1.29, 1.82) is 0 Å². The van der Waals surface area contributed by atoms with Crippen LogP contribution in [0.1, 0.15) is 52.4 Å². The Kier molecular flexibility index (Phi) is 3.55. The minimum Gasteiger partial charge on any atom is -0.498 e. The molecule has 124 valence electrons. The van der Waals surface area contributed by atoms with Gasteiger partial charge in [-0.1, -0.05) is 19.6 Å². The van der Waals surface area contributed by atoms with Gasteiger partial charge in [-0.05, 0) is 79.9 Å². The molecule has 0 bridgehead atoms. The third-order valence-corrected chi connectivity index (χ3v) is 7.12. The van der Waals surface area contributed by atoms with Gasteiger partial charge in [-0.15, -0.1) is 0 Å². The zero-order valence-electron chi connectivity index (χ0n) is 14.4. The lowest BCUT2D eigenvalue weighted by molar-refractivity contribution is -0.128. The molecule has 3 unspecified atom stereocenters. The maximum absolute atomic E-state index is 12.6. The summed E-state index contributed by atoms with van der Waals surface area (Å²) in [5.74, 6) is 4.16. The number of ether oxygens (including phenoxy) is 1.